The molecule has 3 rings (SSSR count). The lowest BCUT2D eigenvalue weighted by atomic mass is 10.0. The van der Waals surface area contributed by atoms with E-state index in [2.05, 4.69) is 29.3 Å². The minimum atomic E-state index is 0.485. The van der Waals surface area contributed by atoms with Gasteiger partial charge < -0.3 is 5.32 Å². The van der Waals surface area contributed by atoms with E-state index in [1.165, 1.54) is 31.7 Å². The van der Waals surface area contributed by atoms with Gasteiger partial charge in [0.05, 0.1) is 0 Å². The van der Waals surface area contributed by atoms with Crippen molar-refractivity contribution in [2.75, 3.05) is 26.2 Å². The van der Waals surface area contributed by atoms with Crippen LogP contribution in [0.25, 0.3) is 0 Å². The molecule has 0 amide bonds. The van der Waals surface area contributed by atoms with E-state index in [0.29, 0.717) is 6.04 Å². The van der Waals surface area contributed by atoms with E-state index in [-0.39, 0.29) is 0 Å². The number of hydrogen-bond donors (Lipinski definition) is 1. The molecule has 0 spiro atoms. The van der Waals surface area contributed by atoms with Crippen molar-refractivity contribution in [2.45, 2.75) is 13.0 Å². The van der Waals surface area contributed by atoms with Crippen LogP contribution in [0.4, 0.5) is 0 Å². The molecule has 0 aromatic heterocycles. The van der Waals surface area contributed by atoms with Crippen LogP contribution in [0.15, 0.2) is 24.3 Å². The summed E-state index contributed by atoms with van der Waals surface area (Å²) in [6.07, 6.45) is 0. The first kappa shape index (κ1) is 11.5. The van der Waals surface area contributed by atoms with Gasteiger partial charge in [0.2, 0.25) is 0 Å². The molecule has 0 aliphatic carbocycles. The monoisotopic (exact) mass is 250 g/mol. The van der Waals surface area contributed by atoms with Crippen molar-refractivity contribution in [3.05, 3.63) is 34.9 Å². The standard InChI is InChI=1S/C14H19ClN2/c1-10(11-3-2-4-14(15)5-11)17-8-12-6-16-7-13(12)9-17/h2-5,10,12-13,16H,6-9H2,1H3/t10?,12-,13+. The van der Waals surface area contributed by atoms with Gasteiger partial charge in [-0.25, -0.2) is 0 Å². The minimum Gasteiger partial charge on any atom is -0.316 e. The quantitative estimate of drug-likeness (QED) is 0.868. The summed E-state index contributed by atoms with van der Waals surface area (Å²) in [6.45, 7) is 7.14. The molecule has 3 heteroatoms. The number of rotatable bonds is 2. The number of hydrogen-bond acceptors (Lipinski definition) is 2. The van der Waals surface area contributed by atoms with Crippen molar-refractivity contribution >= 4 is 11.6 Å². The van der Waals surface area contributed by atoms with Crippen LogP contribution in [0.2, 0.25) is 5.02 Å². The highest BCUT2D eigenvalue weighted by molar-refractivity contribution is 6.30. The Bertz CT molecular complexity index is 395. The maximum atomic E-state index is 6.06. The number of fused-ring (bicyclic) bond motifs is 1. The summed E-state index contributed by atoms with van der Waals surface area (Å²) in [6, 6.07) is 8.76. The van der Waals surface area contributed by atoms with Gasteiger partial charge in [0.15, 0.2) is 0 Å². The van der Waals surface area contributed by atoms with Crippen LogP contribution >= 0.6 is 11.6 Å². The summed E-state index contributed by atoms with van der Waals surface area (Å²) in [7, 11) is 0. The third-order valence-electron chi connectivity index (χ3n) is 4.30. The molecule has 3 atom stereocenters. The molecule has 1 unspecified atom stereocenters. The highest BCUT2D eigenvalue weighted by atomic mass is 35.5. The summed E-state index contributed by atoms with van der Waals surface area (Å²) >= 11 is 6.06. The molecular formula is C14H19ClN2. The van der Waals surface area contributed by atoms with Crippen molar-refractivity contribution in [1.82, 2.24) is 10.2 Å². The van der Waals surface area contributed by atoms with E-state index >= 15 is 0 Å². The molecule has 0 radical (unpaired) electrons. The molecule has 2 aliphatic rings. The second kappa shape index (κ2) is 4.60. The van der Waals surface area contributed by atoms with E-state index in [4.69, 9.17) is 11.6 Å². The molecule has 1 aromatic carbocycles. The summed E-state index contributed by atoms with van der Waals surface area (Å²) in [5.74, 6) is 1.72. The molecule has 1 aromatic rings. The van der Waals surface area contributed by atoms with E-state index in [1.54, 1.807) is 0 Å². The first-order valence-electron chi connectivity index (χ1n) is 6.44. The van der Waals surface area contributed by atoms with Crippen molar-refractivity contribution < 1.29 is 0 Å². The van der Waals surface area contributed by atoms with Gasteiger partial charge >= 0.3 is 0 Å². The fraction of sp³-hybridized carbons (Fsp3) is 0.571. The van der Waals surface area contributed by atoms with Crippen LogP contribution < -0.4 is 5.32 Å². The van der Waals surface area contributed by atoms with Gasteiger partial charge in [-0.3, -0.25) is 4.90 Å². The summed E-state index contributed by atoms with van der Waals surface area (Å²) in [5.41, 5.74) is 1.34. The van der Waals surface area contributed by atoms with E-state index in [9.17, 15) is 0 Å². The topological polar surface area (TPSA) is 15.3 Å². The molecule has 2 heterocycles. The average molecular weight is 251 g/mol. The largest absolute Gasteiger partial charge is 0.316 e. The van der Waals surface area contributed by atoms with E-state index < -0.39 is 0 Å². The molecule has 2 aliphatic heterocycles. The zero-order valence-electron chi connectivity index (χ0n) is 10.2. The second-order valence-electron chi connectivity index (χ2n) is 5.36. The first-order valence-corrected chi connectivity index (χ1v) is 6.82. The van der Waals surface area contributed by atoms with Gasteiger partial charge in [0, 0.05) is 24.2 Å². The molecule has 92 valence electrons. The predicted octanol–water partition coefficient (Wildman–Crippen LogP) is 2.55. The second-order valence-corrected chi connectivity index (χ2v) is 5.80. The Morgan fingerprint density at radius 1 is 1.29 bits per heavy atom. The van der Waals surface area contributed by atoms with Gasteiger partial charge in [-0.1, -0.05) is 23.7 Å². The van der Waals surface area contributed by atoms with Crippen LogP contribution in [0.3, 0.4) is 0 Å². The molecular weight excluding hydrogens is 232 g/mol. The minimum absolute atomic E-state index is 0.485. The Morgan fingerprint density at radius 3 is 2.65 bits per heavy atom. The maximum Gasteiger partial charge on any atom is 0.0409 e. The Hall–Kier alpha value is -0.570. The van der Waals surface area contributed by atoms with Crippen LogP contribution in [0.5, 0.6) is 0 Å². The molecule has 2 fully saturated rings. The third-order valence-corrected chi connectivity index (χ3v) is 4.53. The SMILES string of the molecule is CC(c1cccc(Cl)c1)N1C[C@H]2CNC[C@H]2C1. The molecule has 17 heavy (non-hydrogen) atoms. The molecule has 0 bridgehead atoms. The molecule has 2 saturated heterocycles. The summed E-state index contributed by atoms with van der Waals surface area (Å²) in [5, 5.41) is 4.33. The van der Waals surface area contributed by atoms with Crippen LogP contribution in [-0.4, -0.2) is 31.1 Å². The lowest BCUT2D eigenvalue weighted by molar-refractivity contribution is 0.244. The third kappa shape index (κ3) is 2.22. The van der Waals surface area contributed by atoms with Gasteiger partial charge in [-0.15, -0.1) is 0 Å². The van der Waals surface area contributed by atoms with Gasteiger partial charge in [0.1, 0.15) is 0 Å². The van der Waals surface area contributed by atoms with Crippen molar-refractivity contribution in [3.8, 4) is 0 Å². The van der Waals surface area contributed by atoms with Gasteiger partial charge in [0.25, 0.3) is 0 Å². The van der Waals surface area contributed by atoms with Crippen LogP contribution in [-0.2, 0) is 0 Å². The fourth-order valence-electron chi connectivity index (χ4n) is 3.19. The Labute approximate surface area is 108 Å². The highest BCUT2D eigenvalue weighted by Crippen LogP contribution is 2.33. The maximum absolute atomic E-state index is 6.06. The number of nitrogens with one attached hydrogen (secondary N) is 1. The summed E-state index contributed by atoms with van der Waals surface area (Å²) in [4.78, 5) is 2.60. The Morgan fingerprint density at radius 2 is 2.00 bits per heavy atom. The van der Waals surface area contributed by atoms with E-state index in [1.807, 2.05) is 12.1 Å². The Balaban J connectivity index is 1.73. The number of nitrogens with zero attached hydrogens (tertiary/aromatic N) is 1. The van der Waals surface area contributed by atoms with Gasteiger partial charge in [-0.2, -0.15) is 0 Å². The first-order chi connectivity index (χ1) is 8.24. The van der Waals surface area contributed by atoms with Crippen molar-refractivity contribution in [3.63, 3.8) is 0 Å². The highest BCUT2D eigenvalue weighted by Gasteiger charge is 2.37. The lowest BCUT2D eigenvalue weighted by Gasteiger charge is -2.25. The predicted molar refractivity (Wildman–Crippen MR) is 71.3 cm³/mol. The Kier molecular flexibility index (Phi) is 3.12. The van der Waals surface area contributed by atoms with Crippen molar-refractivity contribution in [1.29, 1.82) is 0 Å². The normalized spacial score (nSPS) is 30.5. The fourth-order valence-corrected chi connectivity index (χ4v) is 3.38. The number of halogens is 1. The molecule has 2 nitrogen and oxygen atoms in total. The average Bonchev–Trinajstić information content (AvgIpc) is 2.88. The zero-order chi connectivity index (χ0) is 11.8. The number of likely N-dealkylation sites (tertiary alicyclic amines) is 1. The lowest BCUT2D eigenvalue weighted by Crippen LogP contribution is -2.28. The van der Waals surface area contributed by atoms with E-state index in [0.717, 1.165) is 16.9 Å². The molecule has 0 saturated carbocycles. The summed E-state index contributed by atoms with van der Waals surface area (Å²) < 4.78 is 0. The van der Waals surface area contributed by atoms with Crippen LogP contribution in [0, 0.1) is 11.8 Å². The van der Waals surface area contributed by atoms with Crippen molar-refractivity contribution in [2.24, 2.45) is 11.8 Å². The molecule has 1 N–H and O–H groups in total. The van der Waals surface area contributed by atoms with Gasteiger partial charge in [-0.05, 0) is 49.5 Å². The number of benzene rings is 1. The smallest absolute Gasteiger partial charge is 0.0409 e. The van der Waals surface area contributed by atoms with Crippen LogP contribution in [0.1, 0.15) is 18.5 Å². The zero-order valence-corrected chi connectivity index (χ0v) is 11.0.